The van der Waals surface area contributed by atoms with Gasteiger partial charge in [-0.2, -0.15) is 13.2 Å². The van der Waals surface area contributed by atoms with Gasteiger partial charge in [0, 0.05) is 42.7 Å². The van der Waals surface area contributed by atoms with Gasteiger partial charge in [0.15, 0.2) is 0 Å². The first-order valence-electron chi connectivity index (χ1n) is 13.1. The van der Waals surface area contributed by atoms with Crippen LogP contribution in [0, 0.1) is 19.7 Å². The third-order valence-corrected chi connectivity index (χ3v) is 7.29. The molecule has 6 nitrogen and oxygen atoms in total. The quantitative estimate of drug-likeness (QED) is 0.299. The Hall–Kier alpha value is -3.76. The van der Waals surface area contributed by atoms with Crippen molar-refractivity contribution in [2.45, 2.75) is 45.5 Å². The summed E-state index contributed by atoms with van der Waals surface area (Å²) in [6.07, 6.45) is -0.985. The second-order valence-corrected chi connectivity index (χ2v) is 10.6. The van der Waals surface area contributed by atoms with Crippen molar-refractivity contribution in [2.75, 3.05) is 20.1 Å². The summed E-state index contributed by atoms with van der Waals surface area (Å²) in [7, 11) is 1.93. The van der Waals surface area contributed by atoms with Gasteiger partial charge in [-0.1, -0.05) is 6.07 Å². The van der Waals surface area contributed by atoms with E-state index in [1.807, 2.05) is 13.1 Å². The van der Waals surface area contributed by atoms with E-state index in [0.717, 1.165) is 36.1 Å². The molecule has 0 bridgehead atoms. The summed E-state index contributed by atoms with van der Waals surface area (Å²) >= 11 is 0. The topological polar surface area (TPSA) is 70.4 Å². The minimum absolute atomic E-state index is 0.113. The van der Waals surface area contributed by atoms with Crippen LogP contribution >= 0.6 is 0 Å². The van der Waals surface area contributed by atoms with Gasteiger partial charge in [0.25, 0.3) is 5.56 Å². The molecule has 40 heavy (non-hydrogen) atoms. The molecule has 2 N–H and O–H groups in total. The zero-order valence-corrected chi connectivity index (χ0v) is 22.4. The van der Waals surface area contributed by atoms with Gasteiger partial charge < -0.3 is 15.3 Å². The van der Waals surface area contributed by atoms with E-state index in [2.05, 4.69) is 15.2 Å². The second-order valence-electron chi connectivity index (χ2n) is 10.6. The number of likely N-dealkylation sites (N-methyl/N-ethyl adjacent to an activating group) is 1. The lowest BCUT2D eigenvalue weighted by atomic mass is 9.96. The summed E-state index contributed by atoms with van der Waals surface area (Å²) in [4.78, 5) is 20.7. The Kier molecular flexibility index (Phi) is 7.41. The molecule has 1 saturated heterocycles. The molecule has 10 heteroatoms. The van der Waals surface area contributed by atoms with Crippen molar-refractivity contribution >= 4 is 10.9 Å². The third-order valence-electron chi connectivity index (χ3n) is 7.29. The molecule has 0 amide bonds. The lowest BCUT2D eigenvalue weighted by molar-refractivity contribution is -0.137. The van der Waals surface area contributed by atoms with E-state index in [9.17, 15) is 27.5 Å². The molecule has 0 unspecified atom stereocenters. The summed E-state index contributed by atoms with van der Waals surface area (Å²) in [6.45, 7) is 5.36. The van der Waals surface area contributed by atoms with Crippen molar-refractivity contribution in [3.8, 4) is 22.6 Å². The molecular weight excluding hydrogens is 524 g/mol. The smallest absolute Gasteiger partial charge is 0.416 e. The van der Waals surface area contributed by atoms with Crippen molar-refractivity contribution in [2.24, 2.45) is 0 Å². The molecule has 2 aromatic carbocycles. The van der Waals surface area contributed by atoms with E-state index >= 15 is 0 Å². The standard InChI is InChI=1S/C30H30F4N4O2/c1-17-7-19(10-21(31)8-17)25-14-36-27-9-18(2)38(23-11-20(30(32,33)34)12-24(39)13-23)29(40)28(27)26(25)16-37(3)15-22-5-4-6-35-22/h7-14,22,35,39H,4-6,15-16H2,1-3H3/t22-/m0/s1. The van der Waals surface area contributed by atoms with Crippen LogP contribution in [0.25, 0.3) is 27.7 Å². The number of aryl methyl sites for hydroxylation is 2. The molecule has 1 aliphatic rings. The molecule has 210 valence electrons. The maximum absolute atomic E-state index is 14.5. The van der Waals surface area contributed by atoms with E-state index in [0.29, 0.717) is 58.7 Å². The SMILES string of the molecule is Cc1cc(F)cc(-c2cnc3cc(C)n(-c4cc(O)cc(C(F)(F)F)c4)c(=O)c3c2CN(C)C[C@@H]2CCCN2)c1. The maximum atomic E-state index is 14.5. The molecule has 0 spiro atoms. The number of phenols is 1. The van der Waals surface area contributed by atoms with Crippen LogP contribution in [0.3, 0.4) is 0 Å². The number of aromatic nitrogens is 2. The number of phenolic OH excluding ortho intramolecular Hbond substituents is 1. The fourth-order valence-electron chi connectivity index (χ4n) is 5.59. The first-order chi connectivity index (χ1) is 18.9. The molecule has 0 aliphatic carbocycles. The molecule has 2 aromatic heterocycles. The number of alkyl halides is 3. The molecular formula is C30H30F4N4O2. The van der Waals surface area contributed by atoms with Crippen LogP contribution in [-0.2, 0) is 12.7 Å². The van der Waals surface area contributed by atoms with Gasteiger partial charge in [-0.15, -0.1) is 0 Å². The van der Waals surface area contributed by atoms with Gasteiger partial charge in [0.1, 0.15) is 11.6 Å². The average molecular weight is 555 g/mol. The minimum atomic E-state index is -4.71. The van der Waals surface area contributed by atoms with Gasteiger partial charge in [-0.3, -0.25) is 14.3 Å². The highest BCUT2D eigenvalue weighted by Gasteiger charge is 2.32. The number of hydrogen-bond donors (Lipinski definition) is 2. The fraction of sp³-hybridized carbons (Fsp3) is 0.333. The van der Waals surface area contributed by atoms with E-state index in [4.69, 9.17) is 0 Å². The number of benzene rings is 2. The Bertz CT molecular complexity index is 1620. The van der Waals surface area contributed by atoms with Crippen LogP contribution in [0.15, 0.2) is 53.5 Å². The van der Waals surface area contributed by atoms with Gasteiger partial charge >= 0.3 is 6.18 Å². The van der Waals surface area contributed by atoms with Gasteiger partial charge in [0.05, 0.1) is 22.2 Å². The van der Waals surface area contributed by atoms with Crippen LogP contribution in [0.5, 0.6) is 5.75 Å². The zero-order valence-electron chi connectivity index (χ0n) is 22.4. The predicted molar refractivity (Wildman–Crippen MR) is 146 cm³/mol. The second kappa shape index (κ2) is 10.7. The Morgan fingerprint density at radius 2 is 1.90 bits per heavy atom. The molecule has 4 aromatic rings. The molecule has 3 heterocycles. The summed E-state index contributed by atoms with van der Waals surface area (Å²) in [5, 5.41) is 13.8. The summed E-state index contributed by atoms with van der Waals surface area (Å²) in [5.74, 6) is -1.03. The normalized spacial score (nSPS) is 15.8. The number of rotatable bonds is 6. The van der Waals surface area contributed by atoms with Gasteiger partial charge in [-0.25, -0.2) is 4.39 Å². The molecule has 1 aliphatic heterocycles. The van der Waals surface area contributed by atoms with Gasteiger partial charge in [0.2, 0.25) is 0 Å². The Labute approximate surface area is 228 Å². The lowest BCUT2D eigenvalue weighted by Crippen LogP contribution is -2.35. The number of halogens is 4. The van der Waals surface area contributed by atoms with Crippen LogP contribution in [-0.4, -0.2) is 45.7 Å². The number of hydrogen-bond acceptors (Lipinski definition) is 5. The first kappa shape index (κ1) is 27.8. The van der Waals surface area contributed by atoms with Gasteiger partial charge in [-0.05, 0) is 87.3 Å². The van der Waals surface area contributed by atoms with Crippen molar-refractivity contribution < 1.29 is 22.7 Å². The minimum Gasteiger partial charge on any atom is -0.508 e. The Morgan fingerprint density at radius 3 is 2.58 bits per heavy atom. The van der Waals surface area contributed by atoms with Crippen LogP contribution < -0.4 is 10.9 Å². The molecule has 1 fully saturated rings. The van der Waals surface area contributed by atoms with E-state index in [1.165, 1.54) is 12.1 Å². The molecule has 0 saturated carbocycles. The lowest BCUT2D eigenvalue weighted by Gasteiger charge is -2.24. The predicted octanol–water partition coefficient (Wildman–Crippen LogP) is 5.72. The zero-order chi connectivity index (χ0) is 28.8. The average Bonchev–Trinajstić information content (AvgIpc) is 3.35. The number of aromatic hydroxyl groups is 1. The highest BCUT2D eigenvalue weighted by atomic mass is 19.4. The van der Waals surface area contributed by atoms with E-state index in [1.54, 1.807) is 26.1 Å². The number of nitrogens with one attached hydrogen (secondary N) is 1. The Morgan fingerprint density at radius 1 is 1.12 bits per heavy atom. The molecule has 1 atom stereocenters. The van der Waals surface area contributed by atoms with Crippen molar-refractivity contribution in [1.29, 1.82) is 0 Å². The summed E-state index contributed by atoms with van der Waals surface area (Å²) < 4.78 is 56.3. The van der Waals surface area contributed by atoms with E-state index < -0.39 is 28.9 Å². The van der Waals surface area contributed by atoms with Crippen LogP contribution in [0.2, 0.25) is 0 Å². The number of fused-ring (bicyclic) bond motifs is 1. The third kappa shape index (κ3) is 5.59. The molecule has 5 rings (SSSR count). The first-order valence-corrected chi connectivity index (χ1v) is 13.1. The van der Waals surface area contributed by atoms with Crippen LogP contribution in [0.4, 0.5) is 17.6 Å². The summed E-state index contributed by atoms with van der Waals surface area (Å²) in [6, 6.07) is 9.12. The maximum Gasteiger partial charge on any atom is 0.416 e. The Balaban J connectivity index is 1.75. The van der Waals surface area contributed by atoms with Crippen molar-refractivity contribution in [3.05, 3.63) is 87.2 Å². The largest absolute Gasteiger partial charge is 0.508 e. The van der Waals surface area contributed by atoms with E-state index in [-0.39, 0.29) is 11.1 Å². The number of nitrogens with zero attached hydrogens (tertiary/aromatic N) is 3. The summed E-state index contributed by atoms with van der Waals surface area (Å²) in [5.41, 5.74) is 1.41. The van der Waals surface area contributed by atoms with Crippen LogP contribution in [0.1, 0.15) is 35.2 Å². The fourth-order valence-corrected chi connectivity index (χ4v) is 5.59. The van der Waals surface area contributed by atoms with Crippen molar-refractivity contribution in [3.63, 3.8) is 0 Å². The highest BCUT2D eigenvalue weighted by Crippen LogP contribution is 2.34. The molecule has 0 radical (unpaired) electrons. The monoisotopic (exact) mass is 554 g/mol. The van der Waals surface area contributed by atoms with Crippen molar-refractivity contribution in [1.82, 2.24) is 19.8 Å². The number of pyridine rings is 2. The highest BCUT2D eigenvalue weighted by molar-refractivity contribution is 5.88.